The van der Waals surface area contributed by atoms with Gasteiger partial charge >= 0.3 is 0 Å². The Bertz CT molecular complexity index is 1130. The molecule has 5 rings (SSSR count). The second-order valence-corrected chi connectivity index (χ2v) is 12.8. The quantitative estimate of drug-likeness (QED) is 0.291. The van der Waals surface area contributed by atoms with Gasteiger partial charge < -0.3 is 15.5 Å². The Morgan fingerprint density at radius 2 is 1.68 bits per heavy atom. The normalized spacial score (nSPS) is 35.2. The lowest BCUT2D eigenvalue weighted by Crippen LogP contribution is -2.53. The number of ketones is 1. The molecule has 204 valence electrons. The maximum absolute atomic E-state index is 12.8. The number of carbonyl (C=O) groups excluding carboxylic acids is 1. The van der Waals surface area contributed by atoms with Gasteiger partial charge in [-0.15, -0.1) is 0 Å². The Labute approximate surface area is 228 Å². The van der Waals surface area contributed by atoms with Crippen LogP contribution in [0.3, 0.4) is 0 Å². The molecular weight excluding hydrogens is 470 g/mol. The summed E-state index contributed by atoms with van der Waals surface area (Å²) in [6.07, 6.45) is 6.94. The first-order valence-corrected chi connectivity index (χ1v) is 14.6. The van der Waals surface area contributed by atoms with Crippen molar-refractivity contribution in [1.29, 1.82) is 0 Å². The molecule has 0 radical (unpaired) electrons. The minimum absolute atomic E-state index is 0.0467. The summed E-state index contributed by atoms with van der Waals surface area (Å²) in [5.74, 6) is 1.86. The van der Waals surface area contributed by atoms with E-state index in [1.165, 1.54) is 24.0 Å². The van der Waals surface area contributed by atoms with Gasteiger partial charge in [-0.3, -0.25) is 4.79 Å². The number of hydrogen-bond acceptors (Lipinski definition) is 4. The molecule has 3 fully saturated rings. The van der Waals surface area contributed by atoms with Crippen LogP contribution in [0.1, 0.15) is 80.3 Å². The number of rotatable bonds is 8. The second-order valence-electron chi connectivity index (χ2n) is 12.8. The van der Waals surface area contributed by atoms with Crippen molar-refractivity contribution in [3.63, 3.8) is 0 Å². The molecule has 0 aromatic heterocycles. The molecule has 0 saturated heterocycles. The van der Waals surface area contributed by atoms with E-state index in [-0.39, 0.29) is 35.2 Å². The van der Waals surface area contributed by atoms with Crippen LogP contribution >= 0.6 is 0 Å². The number of carbonyl (C=O) groups is 1. The molecule has 7 atom stereocenters. The summed E-state index contributed by atoms with van der Waals surface area (Å²) < 4.78 is 0. The van der Waals surface area contributed by atoms with E-state index in [4.69, 9.17) is 0 Å². The molecule has 3 aliphatic rings. The highest BCUT2D eigenvalue weighted by atomic mass is 16.3. The largest absolute Gasteiger partial charge is 0.396 e. The van der Waals surface area contributed by atoms with Crippen LogP contribution in [0.15, 0.2) is 66.7 Å². The van der Waals surface area contributed by atoms with Gasteiger partial charge in [0.15, 0.2) is 5.78 Å². The van der Waals surface area contributed by atoms with Crippen LogP contribution in [0.2, 0.25) is 0 Å². The fourth-order valence-corrected chi connectivity index (χ4v) is 8.38. The van der Waals surface area contributed by atoms with Gasteiger partial charge in [0.2, 0.25) is 0 Å². The van der Waals surface area contributed by atoms with Gasteiger partial charge in [-0.25, -0.2) is 0 Å². The molecule has 4 heteroatoms. The number of benzene rings is 2. The summed E-state index contributed by atoms with van der Waals surface area (Å²) >= 11 is 0. The molecule has 0 aliphatic heterocycles. The Kier molecular flexibility index (Phi) is 7.96. The first-order chi connectivity index (χ1) is 18.3. The predicted molar refractivity (Wildman–Crippen MR) is 153 cm³/mol. The number of fused-ring (bicyclic) bond motifs is 1. The number of aliphatic hydroxyl groups is 2. The fraction of sp³-hybridized carbons (Fsp3) is 0.559. The van der Waals surface area contributed by atoms with Gasteiger partial charge in [-0.05, 0) is 91.6 Å². The summed E-state index contributed by atoms with van der Waals surface area (Å²) in [6.45, 7) is 11.2. The lowest BCUT2D eigenvalue weighted by atomic mass is 9.49. The summed E-state index contributed by atoms with van der Waals surface area (Å²) in [4.78, 5) is 12.8. The van der Waals surface area contributed by atoms with Gasteiger partial charge in [0.05, 0.1) is 6.10 Å². The molecule has 2 aromatic rings. The zero-order chi connectivity index (χ0) is 26.9. The fourth-order valence-electron chi connectivity index (χ4n) is 8.38. The van der Waals surface area contributed by atoms with Crippen LogP contribution in [0.25, 0.3) is 0 Å². The minimum Gasteiger partial charge on any atom is -0.396 e. The Morgan fingerprint density at radius 1 is 0.974 bits per heavy atom. The maximum atomic E-state index is 12.8. The molecule has 38 heavy (non-hydrogen) atoms. The van der Waals surface area contributed by atoms with Crippen LogP contribution in [0, 0.1) is 34.5 Å². The first-order valence-electron chi connectivity index (χ1n) is 14.6. The lowest BCUT2D eigenvalue weighted by Gasteiger charge is -2.56. The highest BCUT2D eigenvalue weighted by Gasteiger charge is 2.56. The van der Waals surface area contributed by atoms with Gasteiger partial charge in [-0.1, -0.05) is 80.6 Å². The summed E-state index contributed by atoms with van der Waals surface area (Å²) in [7, 11) is 0. The van der Waals surface area contributed by atoms with Crippen LogP contribution < -0.4 is 5.32 Å². The van der Waals surface area contributed by atoms with E-state index in [1.807, 2.05) is 42.5 Å². The predicted octanol–water partition coefficient (Wildman–Crippen LogP) is 6.17. The van der Waals surface area contributed by atoms with Crippen LogP contribution in [-0.2, 0) is 6.54 Å². The monoisotopic (exact) mass is 515 g/mol. The van der Waals surface area contributed by atoms with Gasteiger partial charge in [0, 0.05) is 24.3 Å². The molecule has 0 spiro atoms. The van der Waals surface area contributed by atoms with E-state index in [2.05, 4.69) is 37.9 Å². The van der Waals surface area contributed by atoms with E-state index in [1.54, 1.807) is 0 Å². The SMILES string of the molecule is C=C1CCC2C(CNCc3ccc(C(=O)c4ccccc4)cc3)C(C3(C)CCC(O)CC3CO)CCC12C. The lowest BCUT2D eigenvalue weighted by molar-refractivity contribution is -0.0933. The summed E-state index contributed by atoms with van der Waals surface area (Å²) in [5.41, 5.74) is 4.29. The van der Waals surface area contributed by atoms with Crippen LogP contribution in [-0.4, -0.2) is 35.3 Å². The molecule has 0 heterocycles. The van der Waals surface area contributed by atoms with Crippen molar-refractivity contribution in [2.75, 3.05) is 13.2 Å². The molecule has 0 bridgehead atoms. The van der Waals surface area contributed by atoms with Gasteiger partial charge in [0.25, 0.3) is 0 Å². The van der Waals surface area contributed by atoms with Crippen molar-refractivity contribution >= 4 is 5.78 Å². The summed E-state index contributed by atoms with van der Waals surface area (Å²) in [6, 6.07) is 17.4. The summed E-state index contributed by atoms with van der Waals surface area (Å²) in [5, 5.41) is 24.5. The first kappa shape index (κ1) is 27.3. The maximum Gasteiger partial charge on any atom is 0.193 e. The van der Waals surface area contributed by atoms with Gasteiger partial charge in [-0.2, -0.15) is 0 Å². The van der Waals surface area contributed by atoms with Crippen molar-refractivity contribution in [2.45, 2.75) is 71.4 Å². The molecule has 3 aliphatic carbocycles. The zero-order valence-electron chi connectivity index (χ0n) is 23.2. The van der Waals surface area contributed by atoms with E-state index in [9.17, 15) is 15.0 Å². The average molecular weight is 516 g/mol. The van der Waals surface area contributed by atoms with Crippen molar-refractivity contribution in [3.05, 3.63) is 83.4 Å². The third kappa shape index (κ3) is 5.03. The van der Waals surface area contributed by atoms with Crippen molar-refractivity contribution < 1.29 is 15.0 Å². The molecular formula is C34H45NO3. The molecule has 4 nitrogen and oxygen atoms in total. The van der Waals surface area contributed by atoms with Crippen molar-refractivity contribution in [1.82, 2.24) is 5.32 Å². The standard InChI is InChI=1S/C34H45NO3/c1-23-9-14-30-29(31(16-18-33(23,30)2)34(3)17-15-28(37)19-27(34)22-36)21-35-20-24-10-12-26(13-11-24)32(38)25-7-5-4-6-8-25/h4-8,10-13,27-31,35-37H,1,9,14-22H2,2-3H3. The molecule has 3 N–H and O–H groups in total. The Hall–Kier alpha value is -2.27. The number of nitrogens with one attached hydrogen (secondary N) is 1. The Morgan fingerprint density at radius 3 is 2.39 bits per heavy atom. The topological polar surface area (TPSA) is 69.6 Å². The zero-order valence-corrected chi connectivity index (χ0v) is 23.2. The van der Waals surface area contributed by atoms with E-state index in [0.29, 0.717) is 29.7 Å². The Balaban J connectivity index is 1.30. The van der Waals surface area contributed by atoms with Crippen LogP contribution in [0.4, 0.5) is 0 Å². The molecule has 3 saturated carbocycles. The van der Waals surface area contributed by atoms with Crippen molar-refractivity contribution in [3.8, 4) is 0 Å². The van der Waals surface area contributed by atoms with E-state index >= 15 is 0 Å². The van der Waals surface area contributed by atoms with Crippen molar-refractivity contribution in [2.24, 2.45) is 34.5 Å². The number of aliphatic hydroxyl groups excluding tert-OH is 2. The van der Waals surface area contributed by atoms with Gasteiger partial charge in [0.1, 0.15) is 0 Å². The second kappa shape index (κ2) is 11.1. The third-order valence-corrected chi connectivity index (χ3v) is 10.9. The van der Waals surface area contributed by atoms with Crippen LogP contribution in [0.5, 0.6) is 0 Å². The molecule has 7 unspecified atom stereocenters. The smallest absolute Gasteiger partial charge is 0.193 e. The third-order valence-electron chi connectivity index (χ3n) is 10.9. The van der Waals surface area contributed by atoms with E-state index in [0.717, 1.165) is 44.3 Å². The minimum atomic E-state index is -0.284. The highest BCUT2D eigenvalue weighted by molar-refractivity contribution is 6.08. The number of hydrogen-bond donors (Lipinski definition) is 3. The number of allylic oxidation sites excluding steroid dienone is 1. The molecule has 2 aromatic carbocycles. The molecule has 0 amide bonds. The highest BCUT2D eigenvalue weighted by Crippen LogP contribution is 2.63. The van der Waals surface area contributed by atoms with E-state index < -0.39 is 0 Å². The average Bonchev–Trinajstić information content (AvgIpc) is 3.24.